The third kappa shape index (κ3) is 7.45. The lowest BCUT2D eigenvalue weighted by atomic mass is 10.1. The van der Waals surface area contributed by atoms with Crippen LogP contribution in [0.2, 0.25) is 0 Å². The van der Waals surface area contributed by atoms with Crippen LogP contribution in [0.4, 0.5) is 4.79 Å². The fourth-order valence-corrected chi connectivity index (χ4v) is 4.21. The molecule has 0 spiro atoms. The molecule has 1 unspecified atom stereocenters. The quantitative estimate of drug-likeness (QED) is 0.546. The molecule has 1 atom stereocenters. The maximum absolute atomic E-state index is 12.4. The van der Waals surface area contributed by atoms with Crippen LogP contribution in [0.25, 0.3) is 0 Å². The number of aliphatic imine (C=N–C) groups is 1. The number of nitrogens with zero attached hydrogens (tertiary/aromatic N) is 3. The summed E-state index contributed by atoms with van der Waals surface area (Å²) in [6.07, 6.45) is 2.04. The van der Waals surface area contributed by atoms with Crippen molar-refractivity contribution in [2.45, 2.75) is 64.5 Å². The number of halogens is 1. The highest BCUT2D eigenvalue weighted by Gasteiger charge is 2.36. The molecule has 9 heteroatoms. The predicted molar refractivity (Wildman–Crippen MR) is 138 cm³/mol. The minimum atomic E-state index is -0.473. The summed E-state index contributed by atoms with van der Waals surface area (Å²) in [6, 6.07) is 8.76. The lowest BCUT2D eigenvalue weighted by molar-refractivity contribution is -0.0390. The van der Waals surface area contributed by atoms with Crippen LogP contribution in [0.5, 0.6) is 0 Å². The molecule has 33 heavy (non-hydrogen) atoms. The number of nitrogens with one attached hydrogen (secondary N) is 1. The second-order valence-electron chi connectivity index (χ2n) is 9.73. The lowest BCUT2D eigenvalue weighted by Gasteiger charge is -2.39. The highest BCUT2D eigenvalue weighted by atomic mass is 127. The zero-order valence-corrected chi connectivity index (χ0v) is 22.2. The van der Waals surface area contributed by atoms with Crippen molar-refractivity contribution in [2.75, 3.05) is 39.4 Å². The minimum Gasteiger partial charge on any atom is -0.444 e. The molecule has 3 aliphatic rings. The van der Waals surface area contributed by atoms with Gasteiger partial charge in [-0.3, -0.25) is 4.99 Å². The van der Waals surface area contributed by atoms with Gasteiger partial charge in [-0.05, 0) is 44.7 Å². The molecule has 0 aromatic heterocycles. The first-order chi connectivity index (χ1) is 15.4. The fourth-order valence-electron chi connectivity index (χ4n) is 4.21. The Labute approximate surface area is 214 Å². The second-order valence-corrected chi connectivity index (χ2v) is 9.73. The molecule has 3 heterocycles. The molecule has 0 radical (unpaired) electrons. The van der Waals surface area contributed by atoms with Gasteiger partial charge in [0.15, 0.2) is 5.96 Å². The SMILES string of the molecule is CC(C)(C)OC(=O)N1CCN2C(NCc3ccc(COC4CCOCC4)cc3)=NCC2C1.I. The monoisotopic (exact) mass is 572 g/mol. The van der Waals surface area contributed by atoms with Gasteiger partial charge in [0.25, 0.3) is 0 Å². The number of guanidine groups is 1. The van der Waals surface area contributed by atoms with Crippen LogP contribution >= 0.6 is 24.0 Å². The summed E-state index contributed by atoms with van der Waals surface area (Å²) in [5, 5.41) is 3.48. The van der Waals surface area contributed by atoms with Crippen molar-refractivity contribution in [2.24, 2.45) is 4.99 Å². The third-order valence-electron chi connectivity index (χ3n) is 5.99. The number of hydrogen-bond acceptors (Lipinski definition) is 7. The van der Waals surface area contributed by atoms with Crippen molar-refractivity contribution in [1.82, 2.24) is 15.1 Å². The number of benzene rings is 1. The molecule has 2 saturated heterocycles. The van der Waals surface area contributed by atoms with E-state index in [9.17, 15) is 4.79 Å². The number of rotatable bonds is 5. The highest BCUT2D eigenvalue weighted by molar-refractivity contribution is 14.0. The van der Waals surface area contributed by atoms with Crippen LogP contribution in [0.1, 0.15) is 44.7 Å². The zero-order valence-electron chi connectivity index (χ0n) is 19.9. The lowest BCUT2D eigenvalue weighted by Crippen LogP contribution is -2.57. The topological polar surface area (TPSA) is 75.6 Å². The maximum Gasteiger partial charge on any atom is 0.410 e. The largest absolute Gasteiger partial charge is 0.444 e. The predicted octanol–water partition coefficient (Wildman–Crippen LogP) is 3.38. The molecular formula is C24H37IN4O4. The Morgan fingerprint density at radius 3 is 2.55 bits per heavy atom. The van der Waals surface area contributed by atoms with Crippen LogP contribution in [0, 0.1) is 0 Å². The number of carbonyl (C=O) groups excluding carboxylic acids is 1. The Morgan fingerprint density at radius 2 is 1.85 bits per heavy atom. The number of carbonyl (C=O) groups is 1. The smallest absolute Gasteiger partial charge is 0.410 e. The van der Waals surface area contributed by atoms with Crippen molar-refractivity contribution in [3.63, 3.8) is 0 Å². The van der Waals surface area contributed by atoms with Crippen molar-refractivity contribution in [1.29, 1.82) is 0 Å². The van der Waals surface area contributed by atoms with Crippen LogP contribution in [-0.4, -0.2) is 79.0 Å². The van der Waals surface area contributed by atoms with Crippen LogP contribution in [-0.2, 0) is 27.4 Å². The zero-order chi connectivity index (χ0) is 22.6. The van der Waals surface area contributed by atoms with Gasteiger partial charge >= 0.3 is 6.09 Å². The van der Waals surface area contributed by atoms with Gasteiger partial charge in [-0.25, -0.2) is 4.79 Å². The Morgan fingerprint density at radius 1 is 1.15 bits per heavy atom. The van der Waals surface area contributed by atoms with Gasteiger partial charge < -0.3 is 29.3 Å². The summed E-state index contributed by atoms with van der Waals surface area (Å²) >= 11 is 0. The van der Waals surface area contributed by atoms with E-state index in [0.717, 1.165) is 45.1 Å². The van der Waals surface area contributed by atoms with Gasteiger partial charge in [0.05, 0.1) is 25.3 Å². The molecule has 3 aliphatic heterocycles. The van der Waals surface area contributed by atoms with E-state index in [4.69, 9.17) is 14.2 Å². The van der Waals surface area contributed by atoms with E-state index in [2.05, 4.69) is 39.5 Å². The first kappa shape index (κ1) is 26.0. The van der Waals surface area contributed by atoms with E-state index in [1.807, 2.05) is 20.8 Å². The van der Waals surface area contributed by atoms with E-state index in [0.29, 0.717) is 32.3 Å². The summed E-state index contributed by atoms with van der Waals surface area (Å²) in [7, 11) is 0. The fraction of sp³-hybridized carbons (Fsp3) is 0.667. The average molecular weight is 572 g/mol. The van der Waals surface area contributed by atoms with E-state index < -0.39 is 5.60 Å². The Balaban J connectivity index is 0.00000306. The summed E-state index contributed by atoms with van der Waals surface area (Å²) in [4.78, 5) is 21.1. The van der Waals surface area contributed by atoms with Crippen molar-refractivity contribution >= 4 is 36.0 Å². The van der Waals surface area contributed by atoms with Gasteiger partial charge in [-0.1, -0.05) is 24.3 Å². The van der Waals surface area contributed by atoms with E-state index >= 15 is 0 Å². The summed E-state index contributed by atoms with van der Waals surface area (Å²) < 4.78 is 16.9. The first-order valence-electron chi connectivity index (χ1n) is 11.7. The second kappa shape index (κ2) is 11.7. The van der Waals surface area contributed by atoms with Crippen LogP contribution in [0.3, 0.4) is 0 Å². The number of fused-ring (bicyclic) bond motifs is 1. The number of ether oxygens (including phenoxy) is 3. The summed E-state index contributed by atoms with van der Waals surface area (Å²) in [5.74, 6) is 0.922. The van der Waals surface area contributed by atoms with Crippen molar-refractivity contribution < 1.29 is 19.0 Å². The molecule has 1 amide bonds. The molecule has 0 aliphatic carbocycles. The van der Waals surface area contributed by atoms with Crippen molar-refractivity contribution in [3.8, 4) is 0 Å². The van der Waals surface area contributed by atoms with E-state index in [1.165, 1.54) is 11.1 Å². The molecule has 2 fully saturated rings. The normalized spacial score (nSPS) is 21.2. The number of hydrogen-bond donors (Lipinski definition) is 1. The summed E-state index contributed by atoms with van der Waals surface area (Å²) in [6.45, 7) is 11.4. The molecule has 1 N–H and O–H groups in total. The number of amides is 1. The van der Waals surface area contributed by atoms with E-state index in [1.54, 1.807) is 4.90 Å². The Bertz CT molecular complexity index is 806. The standard InChI is InChI=1S/C24H36N4O4.HI/c1-24(2,3)32-23(29)27-10-11-28-20(16-27)15-26-22(28)25-14-18-4-6-19(7-5-18)17-31-21-8-12-30-13-9-21;/h4-7,20-21H,8-17H2,1-3H3,(H,25,26);1H. The Kier molecular flexibility index (Phi) is 9.23. The van der Waals surface area contributed by atoms with Gasteiger partial charge in [-0.15, -0.1) is 24.0 Å². The van der Waals surface area contributed by atoms with Crippen LogP contribution < -0.4 is 5.32 Å². The molecular weight excluding hydrogens is 535 g/mol. The number of piperazine rings is 1. The third-order valence-corrected chi connectivity index (χ3v) is 5.99. The van der Waals surface area contributed by atoms with Crippen molar-refractivity contribution in [3.05, 3.63) is 35.4 Å². The average Bonchev–Trinajstić information content (AvgIpc) is 3.19. The molecule has 1 aromatic rings. The van der Waals surface area contributed by atoms with Gasteiger partial charge in [0, 0.05) is 39.4 Å². The maximum atomic E-state index is 12.4. The van der Waals surface area contributed by atoms with Gasteiger partial charge in [0.1, 0.15) is 5.60 Å². The van der Waals surface area contributed by atoms with E-state index in [-0.39, 0.29) is 36.1 Å². The van der Waals surface area contributed by atoms with Gasteiger partial charge in [0.2, 0.25) is 0 Å². The molecule has 8 nitrogen and oxygen atoms in total. The molecule has 1 aromatic carbocycles. The summed E-state index contributed by atoms with van der Waals surface area (Å²) in [5.41, 5.74) is 1.93. The van der Waals surface area contributed by atoms with Crippen LogP contribution in [0.15, 0.2) is 29.3 Å². The molecule has 4 rings (SSSR count). The Hall–Kier alpha value is -1.59. The van der Waals surface area contributed by atoms with Gasteiger partial charge in [-0.2, -0.15) is 0 Å². The molecule has 0 bridgehead atoms. The highest BCUT2D eigenvalue weighted by Crippen LogP contribution is 2.19. The molecule has 184 valence electrons. The first-order valence-corrected chi connectivity index (χ1v) is 11.7. The molecule has 0 saturated carbocycles. The minimum absolute atomic E-state index is 0.